The number of aliphatic hydroxyl groups excluding tert-OH is 1. The molecule has 0 fully saturated rings. The number of alkyl halides is 3. The van der Waals surface area contributed by atoms with E-state index in [1.165, 1.54) is 36.4 Å². The van der Waals surface area contributed by atoms with Gasteiger partial charge in [-0.25, -0.2) is 8.42 Å². The first-order chi connectivity index (χ1) is 14.1. The number of hydrogen-bond acceptors (Lipinski definition) is 7. The van der Waals surface area contributed by atoms with Gasteiger partial charge in [-0.15, -0.1) is 13.2 Å². The predicted octanol–water partition coefficient (Wildman–Crippen LogP) is 3.30. The van der Waals surface area contributed by atoms with Crippen molar-refractivity contribution in [3.63, 3.8) is 0 Å². The second-order valence-electron chi connectivity index (χ2n) is 5.84. The Morgan fingerprint density at radius 2 is 1.90 bits per heavy atom. The molecule has 1 aromatic heterocycles. The van der Waals surface area contributed by atoms with E-state index in [4.69, 9.17) is 16.1 Å². The van der Waals surface area contributed by atoms with Crippen LogP contribution in [0.1, 0.15) is 11.9 Å². The van der Waals surface area contributed by atoms with Crippen LogP contribution in [0.15, 0.2) is 57.9 Å². The molecule has 1 heterocycles. The summed E-state index contributed by atoms with van der Waals surface area (Å²) in [5, 5.41) is 13.4. The van der Waals surface area contributed by atoms with Crippen molar-refractivity contribution >= 4 is 21.6 Å². The number of aliphatic hydroxyl groups is 1. The van der Waals surface area contributed by atoms with Crippen LogP contribution in [0.4, 0.5) is 13.2 Å². The Morgan fingerprint density at radius 1 is 1.20 bits per heavy atom. The summed E-state index contributed by atoms with van der Waals surface area (Å²) in [7, 11) is -4.07. The Bertz CT molecular complexity index is 1120. The molecule has 0 aliphatic carbocycles. The zero-order valence-corrected chi connectivity index (χ0v) is 16.4. The van der Waals surface area contributed by atoms with Crippen LogP contribution < -0.4 is 9.46 Å². The number of nitrogens with one attached hydrogen (secondary N) is 1. The zero-order valence-electron chi connectivity index (χ0n) is 14.8. The fourth-order valence-corrected chi connectivity index (χ4v) is 3.84. The summed E-state index contributed by atoms with van der Waals surface area (Å²) in [6, 6.07) is 8.87. The predicted molar refractivity (Wildman–Crippen MR) is 98.0 cm³/mol. The van der Waals surface area contributed by atoms with E-state index in [1.807, 2.05) is 0 Å². The summed E-state index contributed by atoms with van der Waals surface area (Å²) < 4.78 is 72.6. The minimum atomic E-state index is -4.82. The van der Waals surface area contributed by atoms with Crippen LogP contribution in [0.25, 0.3) is 11.4 Å². The number of benzene rings is 2. The van der Waals surface area contributed by atoms with Gasteiger partial charge in [0.2, 0.25) is 21.7 Å². The zero-order chi connectivity index (χ0) is 21.9. The molecule has 1 unspecified atom stereocenters. The number of ether oxygens (including phenoxy) is 1. The molecule has 13 heteroatoms. The summed E-state index contributed by atoms with van der Waals surface area (Å²) in [5.74, 6) is -0.699. The van der Waals surface area contributed by atoms with Crippen molar-refractivity contribution in [2.45, 2.75) is 17.3 Å². The molecule has 0 aliphatic heterocycles. The van der Waals surface area contributed by atoms with Crippen molar-refractivity contribution in [2.24, 2.45) is 0 Å². The van der Waals surface area contributed by atoms with Crippen molar-refractivity contribution in [1.82, 2.24) is 14.9 Å². The molecular formula is C17H13ClF3N3O5S. The average molecular weight is 464 g/mol. The van der Waals surface area contributed by atoms with Crippen molar-refractivity contribution in [1.29, 1.82) is 0 Å². The molecule has 2 aromatic carbocycles. The average Bonchev–Trinajstić information content (AvgIpc) is 3.15. The molecule has 0 saturated heterocycles. The highest BCUT2D eigenvalue weighted by Crippen LogP contribution is 2.26. The molecule has 3 rings (SSSR count). The molecule has 0 saturated carbocycles. The quantitative estimate of drug-likeness (QED) is 0.552. The van der Waals surface area contributed by atoms with Gasteiger partial charge in [-0.3, -0.25) is 0 Å². The van der Waals surface area contributed by atoms with Gasteiger partial charge in [0, 0.05) is 10.6 Å². The van der Waals surface area contributed by atoms with E-state index in [9.17, 15) is 26.7 Å². The fourth-order valence-electron chi connectivity index (χ4n) is 2.35. The Balaban J connectivity index is 1.78. The second-order valence-corrected chi connectivity index (χ2v) is 7.99. The van der Waals surface area contributed by atoms with Crippen molar-refractivity contribution in [3.8, 4) is 17.1 Å². The standard InChI is InChI=1S/C17H13ClF3N3O5S/c18-11-2-1-3-13(8-11)30(26,27)24-14(9-25)16-22-15(23-29-16)10-4-6-12(7-5-10)28-17(19,20)21/h1-8,14,24-25H,9H2. The monoisotopic (exact) mass is 463 g/mol. The third kappa shape index (κ3) is 5.48. The van der Waals surface area contributed by atoms with Crippen molar-refractivity contribution < 1.29 is 36.0 Å². The summed E-state index contributed by atoms with van der Waals surface area (Å²) in [4.78, 5) is 3.87. The van der Waals surface area contributed by atoms with E-state index in [0.29, 0.717) is 0 Å². The number of hydrogen-bond donors (Lipinski definition) is 2. The normalized spacial score (nSPS) is 13.2. The highest BCUT2D eigenvalue weighted by atomic mass is 35.5. The van der Waals surface area contributed by atoms with E-state index in [0.717, 1.165) is 12.1 Å². The Hall–Kier alpha value is -2.67. The first kappa shape index (κ1) is 22.0. The maximum absolute atomic E-state index is 12.5. The van der Waals surface area contributed by atoms with E-state index in [1.54, 1.807) is 0 Å². The van der Waals surface area contributed by atoms with Crippen molar-refractivity contribution in [3.05, 3.63) is 59.4 Å². The van der Waals surface area contributed by atoms with Gasteiger partial charge in [0.25, 0.3) is 0 Å². The third-order valence-corrected chi connectivity index (χ3v) is 5.38. The highest BCUT2D eigenvalue weighted by Gasteiger charge is 2.31. The lowest BCUT2D eigenvalue weighted by Crippen LogP contribution is -2.31. The van der Waals surface area contributed by atoms with E-state index in [2.05, 4.69) is 19.6 Å². The lowest BCUT2D eigenvalue weighted by Gasteiger charge is -2.12. The number of halogens is 4. The SMILES string of the molecule is O=S(=O)(NC(CO)c1nc(-c2ccc(OC(F)(F)F)cc2)no1)c1cccc(Cl)c1. The van der Waals surface area contributed by atoms with E-state index < -0.39 is 34.8 Å². The van der Waals surface area contributed by atoms with Gasteiger partial charge in [-0.2, -0.15) is 9.71 Å². The Labute approximate surface area is 173 Å². The van der Waals surface area contributed by atoms with Crippen LogP contribution in [0, 0.1) is 0 Å². The molecule has 0 bridgehead atoms. The molecule has 0 radical (unpaired) electrons. The third-order valence-electron chi connectivity index (χ3n) is 3.67. The van der Waals surface area contributed by atoms with Crippen molar-refractivity contribution in [2.75, 3.05) is 6.61 Å². The lowest BCUT2D eigenvalue weighted by molar-refractivity contribution is -0.274. The summed E-state index contributed by atoms with van der Waals surface area (Å²) in [6.07, 6.45) is -4.82. The van der Waals surface area contributed by atoms with E-state index in [-0.39, 0.29) is 27.2 Å². The summed E-state index contributed by atoms with van der Waals surface area (Å²) in [6.45, 7) is -0.695. The molecule has 0 amide bonds. The fraction of sp³-hybridized carbons (Fsp3) is 0.176. The molecule has 3 aromatic rings. The molecule has 1 atom stereocenters. The van der Waals surface area contributed by atoms with Crippen LogP contribution in [-0.4, -0.2) is 36.6 Å². The van der Waals surface area contributed by atoms with Gasteiger partial charge in [-0.1, -0.05) is 22.8 Å². The summed E-state index contributed by atoms with van der Waals surface area (Å²) >= 11 is 5.80. The van der Waals surface area contributed by atoms with Gasteiger partial charge in [-0.05, 0) is 42.5 Å². The minimum Gasteiger partial charge on any atom is -0.406 e. The molecule has 160 valence electrons. The number of aromatic nitrogens is 2. The van der Waals surface area contributed by atoms with Gasteiger partial charge in [0.05, 0.1) is 11.5 Å². The maximum Gasteiger partial charge on any atom is 0.573 e. The van der Waals surface area contributed by atoms with Gasteiger partial charge in [0.15, 0.2) is 0 Å². The lowest BCUT2D eigenvalue weighted by atomic mass is 10.2. The van der Waals surface area contributed by atoms with Crippen LogP contribution in [0.2, 0.25) is 5.02 Å². The smallest absolute Gasteiger partial charge is 0.406 e. The number of rotatable bonds is 7. The topological polar surface area (TPSA) is 115 Å². The van der Waals surface area contributed by atoms with Gasteiger partial charge in [0.1, 0.15) is 11.8 Å². The first-order valence-electron chi connectivity index (χ1n) is 8.16. The molecule has 2 N–H and O–H groups in total. The second kappa shape index (κ2) is 8.60. The molecule has 8 nitrogen and oxygen atoms in total. The van der Waals surface area contributed by atoms with Crippen LogP contribution in [0.3, 0.4) is 0 Å². The summed E-state index contributed by atoms with van der Waals surface area (Å²) in [5.41, 5.74) is 0.286. The Morgan fingerprint density at radius 3 is 2.50 bits per heavy atom. The largest absolute Gasteiger partial charge is 0.573 e. The maximum atomic E-state index is 12.5. The van der Waals surface area contributed by atoms with Crippen LogP contribution in [0.5, 0.6) is 5.75 Å². The first-order valence-corrected chi connectivity index (χ1v) is 10.0. The number of sulfonamides is 1. The van der Waals surface area contributed by atoms with E-state index >= 15 is 0 Å². The molecule has 30 heavy (non-hydrogen) atoms. The Kier molecular flexibility index (Phi) is 6.31. The molecule has 0 aliphatic rings. The van der Waals surface area contributed by atoms with Crippen LogP contribution >= 0.6 is 11.6 Å². The highest BCUT2D eigenvalue weighted by molar-refractivity contribution is 7.89. The minimum absolute atomic E-state index is 0.0241. The van der Waals surface area contributed by atoms with Gasteiger partial charge >= 0.3 is 6.36 Å². The van der Waals surface area contributed by atoms with Gasteiger partial charge < -0.3 is 14.4 Å². The molecule has 0 spiro atoms. The van der Waals surface area contributed by atoms with Crippen LogP contribution in [-0.2, 0) is 10.0 Å². The molecular weight excluding hydrogens is 451 g/mol. The number of nitrogens with zero attached hydrogens (tertiary/aromatic N) is 2.